The molecule has 1 aromatic carbocycles. The second-order valence-corrected chi connectivity index (χ2v) is 6.05. The lowest BCUT2D eigenvalue weighted by Crippen LogP contribution is -2.29. The molecule has 2 heterocycles. The highest BCUT2D eigenvalue weighted by molar-refractivity contribution is 5.90. The molecule has 110 valence electrons. The van der Waals surface area contributed by atoms with Crippen molar-refractivity contribution in [2.75, 3.05) is 13.6 Å². The maximum Gasteiger partial charge on any atom is 0.307 e. The molecule has 4 heteroatoms. The number of pyridine rings is 1. The highest BCUT2D eigenvalue weighted by Gasteiger charge is 2.22. The Bertz CT molecular complexity index is 737. The van der Waals surface area contributed by atoms with E-state index in [9.17, 15) is 9.90 Å². The molecule has 0 spiro atoms. The van der Waals surface area contributed by atoms with Crippen LogP contribution in [0.2, 0.25) is 0 Å². The van der Waals surface area contributed by atoms with E-state index in [1.54, 1.807) is 0 Å². The zero-order valence-corrected chi connectivity index (χ0v) is 12.7. The van der Waals surface area contributed by atoms with Gasteiger partial charge in [-0.2, -0.15) is 0 Å². The van der Waals surface area contributed by atoms with Gasteiger partial charge in [0.25, 0.3) is 0 Å². The van der Waals surface area contributed by atoms with Crippen LogP contribution in [-0.2, 0) is 24.2 Å². The molecule has 0 radical (unpaired) electrons. The molecular weight excluding hydrogens is 264 g/mol. The van der Waals surface area contributed by atoms with Crippen LogP contribution in [0, 0.1) is 13.8 Å². The van der Waals surface area contributed by atoms with E-state index in [4.69, 9.17) is 4.98 Å². The first-order valence-corrected chi connectivity index (χ1v) is 7.27. The lowest BCUT2D eigenvalue weighted by Gasteiger charge is -2.27. The van der Waals surface area contributed by atoms with Gasteiger partial charge in [0.2, 0.25) is 0 Å². The summed E-state index contributed by atoms with van der Waals surface area (Å²) in [4.78, 5) is 18.4. The molecule has 3 rings (SSSR count). The Morgan fingerprint density at radius 2 is 2.14 bits per heavy atom. The number of benzene rings is 1. The predicted octanol–water partition coefficient (Wildman–Crippen LogP) is 2.47. The molecule has 2 aromatic rings. The lowest BCUT2D eigenvalue weighted by molar-refractivity contribution is -0.136. The number of aryl methyl sites for hydroxylation is 2. The normalized spacial score (nSPS) is 15.2. The molecule has 21 heavy (non-hydrogen) atoms. The standard InChI is InChI=1S/C17H20N2O2/c1-10-6-11(2)17-13(7-10)12(8-16(20)21)14-9-19(3)5-4-15(14)18-17/h6-7H,4-5,8-9H2,1-3H3,(H,20,21). The molecule has 1 N–H and O–H groups in total. The van der Waals surface area contributed by atoms with Crippen molar-refractivity contribution in [2.24, 2.45) is 0 Å². The molecule has 1 aliphatic heterocycles. The monoisotopic (exact) mass is 284 g/mol. The summed E-state index contributed by atoms with van der Waals surface area (Å²) in [7, 11) is 2.07. The Kier molecular flexibility index (Phi) is 3.41. The van der Waals surface area contributed by atoms with Gasteiger partial charge in [0, 0.05) is 30.6 Å². The van der Waals surface area contributed by atoms with Gasteiger partial charge < -0.3 is 10.0 Å². The van der Waals surface area contributed by atoms with Crippen molar-refractivity contribution in [1.82, 2.24) is 9.88 Å². The summed E-state index contributed by atoms with van der Waals surface area (Å²) < 4.78 is 0. The average Bonchev–Trinajstić information content (AvgIpc) is 2.39. The van der Waals surface area contributed by atoms with Crippen LogP contribution in [0.1, 0.15) is 27.9 Å². The minimum Gasteiger partial charge on any atom is -0.481 e. The van der Waals surface area contributed by atoms with Crippen LogP contribution < -0.4 is 0 Å². The van der Waals surface area contributed by atoms with E-state index < -0.39 is 5.97 Å². The van der Waals surface area contributed by atoms with Gasteiger partial charge in [0.15, 0.2) is 0 Å². The fourth-order valence-electron chi connectivity index (χ4n) is 3.27. The number of aliphatic carboxylic acids is 1. The van der Waals surface area contributed by atoms with E-state index in [1.165, 1.54) is 0 Å². The Labute approximate surface area is 124 Å². The van der Waals surface area contributed by atoms with Gasteiger partial charge in [-0.25, -0.2) is 0 Å². The second kappa shape index (κ2) is 5.11. The van der Waals surface area contributed by atoms with Crippen LogP contribution in [0.15, 0.2) is 12.1 Å². The quantitative estimate of drug-likeness (QED) is 0.920. The lowest BCUT2D eigenvalue weighted by atomic mass is 9.92. The summed E-state index contributed by atoms with van der Waals surface area (Å²) in [5, 5.41) is 10.3. The van der Waals surface area contributed by atoms with Crippen molar-refractivity contribution in [1.29, 1.82) is 0 Å². The topological polar surface area (TPSA) is 53.4 Å². The maximum absolute atomic E-state index is 11.3. The van der Waals surface area contributed by atoms with Gasteiger partial charge in [0.1, 0.15) is 0 Å². The third-order valence-corrected chi connectivity index (χ3v) is 4.22. The minimum absolute atomic E-state index is 0.0675. The summed E-state index contributed by atoms with van der Waals surface area (Å²) in [5.74, 6) is -0.780. The fraction of sp³-hybridized carbons (Fsp3) is 0.412. The van der Waals surface area contributed by atoms with Crippen LogP contribution in [0.3, 0.4) is 0 Å². The van der Waals surface area contributed by atoms with Crippen molar-refractivity contribution in [3.8, 4) is 0 Å². The Hall–Kier alpha value is -1.94. The van der Waals surface area contributed by atoms with E-state index in [2.05, 4.69) is 24.1 Å². The van der Waals surface area contributed by atoms with Gasteiger partial charge in [-0.15, -0.1) is 0 Å². The Morgan fingerprint density at radius 3 is 2.86 bits per heavy atom. The van der Waals surface area contributed by atoms with Gasteiger partial charge in [0.05, 0.1) is 11.9 Å². The third kappa shape index (κ3) is 2.51. The highest BCUT2D eigenvalue weighted by Crippen LogP contribution is 2.30. The second-order valence-electron chi connectivity index (χ2n) is 6.05. The van der Waals surface area contributed by atoms with Gasteiger partial charge in [-0.05, 0) is 43.7 Å². The molecule has 0 amide bonds. The molecule has 0 aliphatic carbocycles. The summed E-state index contributed by atoms with van der Waals surface area (Å²) in [6, 6.07) is 4.18. The van der Waals surface area contributed by atoms with E-state index >= 15 is 0 Å². The zero-order chi connectivity index (χ0) is 15.1. The molecular formula is C17H20N2O2. The van der Waals surface area contributed by atoms with Crippen molar-refractivity contribution < 1.29 is 9.90 Å². The number of rotatable bonds is 2. The van der Waals surface area contributed by atoms with Crippen LogP contribution in [0.4, 0.5) is 0 Å². The minimum atomic E-state index is -0.780. The zero-order valence-electron chi connectivity index (χ0n) is 12.7. The molecule has 0 fully saturated rings. The van der Waals surface area contributed by atoms with Gasteiger partial charge in [-0.3, -0.25) is 9.78 Å². The average molecular weight is 284 g/mol. The number of likely N-dealkylation sites (N-methyl/N-ethyl adjacent to an activating group) is 1. The highest BCUT2D eigenvalue weighted by atomic mass is 16.4. The summed E-state index contributed by atoms with van der Waals surface area (Å²) >= 11 is 0. The van der Waals surface area contributed by atoms with Crippen LogP contribution in [0.5, 0.6) is 0 Å². The first-order valence-electron chi connectivity index (χ1n) is 7.27. The number of nitrogens with zero attached hydrogens (tertiary/aromatic N) is 2. The van der Waals surface area contributed by atoms with Crippen molar-refractivity contribution in [2.45, 2.75) is 33.2 Å². The first kappa shape index (κ1) is 14.0. The van der Waals surface area contributed by atoms with Crippen molar-refractivity contribution in [3.05, 3.63) is 40.1 Å². The van der Waals surface area contributed by atoms with Crippen LogP contribution >= 0.6 is 0 Å². The number of hydrogen-bond donors (Lipinski definition) is 1. The molecule has 1 aliphatic rings. The maximum atomic E-state index is 11.3. The van der Waals surface area contributed by atoms with E-state index in [-0.39, 0.29) is 6.42 Å². The fourth-order valence-corrected chi connectivity index (χ4v) is 3.27. The Morgan fingerprint density at radius 1 is 1.38 bits per heavy atom. The number of carboxylic acid groups (broad SMARTS) is 1. The largest absolute Gasteiger partial charge is 0.481 e. The van der Waals surface area contributed by atoms with Crippen molar-refractivity contribution >= 4 is 16.9 Å². The van der Waals surface area contributed by atoms with Gasteiger partial charge >= 0.3 is 5.97 Å². The number of hydrogen-bond acceptors (Lipinski definition) is 3. The third-order valence-electron chi connectivity index (χ3n) is 4.22. The van der Waals surface area contributed by atoms with Crippen LogP contribution in [0.25, 0.3) is 10.9 Å². The summed E-state index contributed by atoms with van der Waals surface area (Å²) in [6.45, 7) is 5.85. The van der Waals surface area contributed by atoms with Gasteiger partial charge in [-0.1, -0.05) is 11.6 Å². The first-order chi connectivity index (χ1) is 9.95. The molecule has 0 saturated carbocycles. The molecule has 0 saturated heterocycles. The Balaban J connectivity index is 2.34. The summed E-state index contributed by atoms with van der Waals surface area (Å²) in [6.07, 6.45) is 0.958. The molecule has 0 atom stereocenters. The molecule has 1 aromatic heterocycles. The number of carboxylic acids is 1. The summed E-state index contributed by atoms with van der Waals surface area (Å²) in [5.41, 5.74) is 6.37. The molecule has 0 unspecified atom stereocenters. The van der Waals surface area contributed by atoms with E-state index in [0.717, 1.165) is 58.4 Å². The molecule has 4 nitrogen and oxygen atoms in total. The van der Waals surface area contributed by atoms with Crippen LogP contribution in [-0.4, -0.2) is 34.6 Å². The predicted molar refractivity (Wildman–Crippen MR) is 82.6 cm³/mol. The molecule has 0 bridgehead atoms. The smallest absolute Gasteiger partial charge is 0.307 e. The number of carbonyl (C=O) groups is 1. The SMILES string of the molecule is Cc1cc(C)c2nc3c(c(CC(=O)O)c2c1)CN(C)CC3. The van der Waals surface area contributed by atoms with E-state index in [0.29, 0.717) is 0 Å². The van der Waals surface area contributed by atoms with E-state index in [1.807, 2.05) is 13.8 Å². The number of fused-ring (bicyclic) bond motifs is 2. The number of aromatic nitrogens is 1. The van der Waals surface area contributed by atoms with Crippen molar-refractivity contribution in [3.63, 3.8) is 0 Å².